The zero-order valence-corrected chi connectivity index (χ0v) is 16.3. The molecule has 29 heavy (non-hydrogen) atoms. The summed E-state index contributed by atoms with van der Waals surface area (Å²) in [7, 11) is 0. The Morgan fingerprint density at radius 2 is 1.97 bits per heavy atom. The zero-order valence-electron chi connectivity index (χ0n) is 15.5. The standard InChI is InChI=1S/C20H19ClF3N3O2/c1-2-3-12-10-13-11-14(21)4-9-17(13)18(12)26-27-19(28)25-15-5-7-16(8-6-15)29-20(22,23)24/h4-9,11-12H,2-3,10H2,1H3,(H2,25,27,28). The van der Waals surface area contributed by atoms with Gasteiger partial charge in [0.1, 0.15) is 5.75 Å². The van der Waals surface area contributed by atoms with Crippen LogP contribution in [0.5, 0.6) is 5.75 Å². The van der Waals surface area contributed by atoms with Crippen molar-refractivity contribution in [2.24, 2.45) is 11.0 Å². The van der Waals surface area contributed by atoms with E-state index in [1.807, 2.05) is 12.1 Å². The number of rotatable bonds is 5. The van der Waals surface area contributed by atoms with Crippen LogP contribution < -0.4 is 15.5 Å². The van der Waals surface area contributed by atoms with Gasteiger partial charge < -0.3 is 10.1 Å². The molecule has 2 N–H and O–H groups in total. The van der Waals surface area contributed by atoms with Crippen molar-refractivity contribution >= 4 is 29.0 Å². The van der Waals surface area contributed by atoms with Gasteiger partial charge in [-0.25, -0.2) is 10.2 Å². The minimum Gasteiger partial charge on any atom is -0.406 e. The lowest BCUT2D eigenvalue weighted by Crippen LogP contribution is -2.26. The van der Waals surface area contributed by atoms with E-state index in [1.54, 1.807) is 6.07 Å². The Morgan fingerprint density at radius 1 is 1.24 bits per heavy atom. The van der Waals surface area contributed by atoms with Crippen LogP contribution in [0.2, 0.25) is 5.02 Å². The summed E-state index contributed by atoms with van der Waals surface area (Å²) in [5.74, 6) is -0.181. The summed E-state index contributed by atoms with van der Waals surface area (Å²) < 4.78 is 40.4. The summed E-state index contributed by atoms with van der Waals surface area (Å²) in [5.41, 5.74) is 5.62. The van der Waals surface area contributed by atoms with Crippen LogP contribution in [0, 0.1) is 5.92 Å². The molecule has 5 nitrogen and oxygen atoms in total. The number of halogens is 4. The van der Waals surface area contributed by atoms with Crippen LogP contribution >= 0.6 is 11.6 Å². The normalized spacial score (nSPS) is 17.1. The SMILES string of the molecule is CCCC1Cc2cc(Cl)ccc2C1=NNC(=O)Nc1ccc(OC(F)(F)F)cc1. The number of carbonyl (C=O) groups is 1. The summed E-state index contributed by atoms with van der Waals surface area (Å²) in [5, 5.41) is 7.47. The van der Waals surface area contributed by atoms with Crippen molar-refractivity contribution in [3.05, 3.63) is 58.6 Å². The van der Waals surface area contributed by atoms with Crippen molar-refractivity contribution in [3.63, 3.8) is 0 Å². The fourth-order valence-corrected chi connectivity index (χ4v) is 3.51. The number of fused-ring (bicyclic) bond motifs is 1. The van der Waals surface area contributed by atoms with Gasteiger partial charge >= 0.3 is 12.4 Å². The van der Waals surface area contributed by atoms with Crippen molar-refractivity contribution in [1.29, 1.82) is 0 Å². The Hall–Kier alpha value is -2.74. The molecule has 0 saturated carbocycles. The summed E-state index contributed by atoms with van der Waals surface area (Å²) in [6.45, 7) is 2.08. The maximum absolute atomic E-state index is 12.2. The molecule has 0 aliphatic heterocycles. The maximum atomic E-state index is 12.2. The first-order valence-electron chi connectivity index (χ1n) is 9.04. The van der Waals surface area contributed by atoms with Gasteiger partial charge in [-0.3, -0.25) is 0 Å². The summed E-state index contributed by atoms with van der Waals surface area (Å²) >= 11 is 6.07. The smallest absolute Gasteiger partial charge is 0.406 e. The second-order valence-corrected chi connectivity index (χ2v) is 7.06. The Labute approximate surface area is 170 Å². The van der Waals surface area contributed by atoms with E-state index in [4.69, 9.17) is 11.6 Å². The van der Waals surface area contributed by atoms with Gasteiger partial charge in [-0.2, -0.15) is 5.10 Å². The van der Waals surface area contributed by atoms with E-state index in [9.17, 15) is 18.0 Å². The molecule has 0 bridgehead atoms. The predicted molar refractivity (Wildman–Crippen MR) is 105 cm³/mol. The summed E-state index contributed by atoms with van der Waals surface area (Å²) in [6, 6.07) is 9.83. The van der Waals surface area contributed by atoms with Gasteiger partial charge in [0.2, 0.25) is 0 Å². The van der Waals surface area contributed by atoms with E-state index in [1.165, 1.54) is 12.1 Å². The molecule has 154 valence electrons. The number of nitrogens with zero attached hydrogens (tertiary/aromatic N) is 1. The van der Waals surface area contributed by atoms with Crippen molar-refractivity contribution < 1.29 is 22.7 Å². The van der Waals surface area contributed by atoms with Crippen LogP contribution in [0.25, 0.3) is 0 Å². The highest BCUT2D eigenvalue weighted by Crippen LogP contribution is 2.32. The van der Waals surface area contributed by atoms with Crippen LogP contribution in [-0.4, -0.2) is 18.1 Å². The van der Waals surface area contributed by atoms with Gasteiger partial charge in [0.15, 0.2) is 0 Å². The number of anilines is 1. The van der Waals surface area contributed by atoms with Crippen molar-refractivity contribution in [2.75, 3.05) is 5.32 Å². The second-order valence-electron chi connectivity index (χ2n) is 6.63. The van der Waals surface area contributed by atoms with Crippen molar-refractivity contribution in [3.8, 4) is 5.75 Å². The third-order valence-electron chi connectivity index (χ3n) is 4.46. The minimum absolute atomic E-state index is 0.188. The van der Waals surface area contributed by atoms with E-state index in [0.29, 0.717) is 10.7 Å². The maximum Gasteiger partial charge on any atom is 0.573 e. The largest absolute Gasteiger partial charge is 0.573 e. The van der Waals surface area contributed by atoms with E-state index < -0.39 is 12.4 Å². The highest BCUT2D eigenvalue weighted by Gasteiger charge is 2.31. The van der Waals surface area contributed by atoms with Crippen LogP contribution in [0.3, 0.4) is 0 Å². The summed E-state index contributed by atoms with van der Waals surface area (Å²) in [6.07, 6.45) is -2.05. The lowest BCUT2D eigenvalue weighted by atomic mass is 9.99. The number of amides is 2. The first-order valence-corrected chi connectivity index (χ1v) is 9.42. The number of alkyl halides is 3. The lowest BCUT2D eigenvalue weighted by Gasteiger charge is -2.11. The molecule has 9 heteroatoms. The predicted octanol–water partition coefficient (Wildman–Crippen LogP) is 5.74. The number of hydrazone groups is 1. The van der Waals surface area contributed by atoms with Gasteiger partial charge in [-0.05, 0) is 54.8 Å². The van der Waals surface area contributed by atoms with E-state index in [2.05, 4.69) is 27.5 Å². The van der Waals surface area contributed by atoms with E-state index >= 15 is 0 Å². The highest BCUT2D eigenvalue weighted by molar-refractivity contribution is 6.30. The Kier molecular flexibility index (Phi) is 6.32. The quantitative estimate of drug-likeness (QED) is 0.600. The number of ether oxygens (including phenoxy) is 1. The molecule has 0 aromatic heterocycles. The van der Waals surface area contributed by atoms with Gasteiger partial charge in [-0.15, -0.1) is 13.2 Å². The van der Waals surface area contributed by atoms with Crippen LogP contribution in [-0.2, 0) is 6.42 Å². The topological polar surface area (TPSA) is 62.7 Å². The molecule has 2 aromatic carbocycles. The third-order valence-corrected chi connectivity index (χ3v) is 4.69. The molecule has 0 radical (unpaired) electrons. The summed E-state index contributed by atoms with van der Waals surface area (Å²) in [4.78, 5) is 12.2. The number of carbonyl (C=O) groups excluding carboxylic acids is 1. The molecule has 0 heterocycles. The number of urea groups is 1. The second kappa shape index (κ2) is 8.73. The van der Waals surface area contributed by atoms with Gasteiger partial charge in [0, 0.05) is 22.2 Å². The van der Waals surface area contributed by atoms with Crippen molar-refractivity contribution in [1.82, 2.24) is 5.43 Å². The Morgan fingerprint density at radius 3 is 2.62 bits per heavy atom. The molecule has 2 amide bonds. The van der Waals surface area contributed by atoms with Gasteiger partial charge in [-0.1, -0.05) is 31.0 Å². The zero-order chi connectivity index (χ0) is 21.0. The Bertz CT molecular complexity index is 914. The first-order chi connectivity index (χ1) is 13.7. The minimum atomic E-state index is -4.76. The molecule has 1 aliphatic carbocycles. The number of benzene rings is 2. The molecule has 1 atom stereocenters. The van der Waals surface area contributed by atoms with Crippen LogP contribution in [0.1, 0.15) is 30.9 Å². The number of nitrogens with one attached hydrogen (secondary N) is 2. The fourth-order valence-electron chi connectivity index (χ4n) is 3.31. The molecule has 0 saturated heterocycles. The molecule has 1 aliphatic rings. The molecular weight excluding hydrogens is 407 g/mol. The van der Waals surface area contributed by atoms with E-state index in [0.717, 1.165) is 48.2 Å². The molecule has 2 aromatic rings. The van der Waals surface area contributed by atoms with E-state index in [-0.39, 0.29) is 11.7 Å². The number of hydrogen-bond acceptors (Lipinski definition) is 3. The van der Waals surface area contributed by atoms with Crippen LogP contribution in [0.15, 0.2) is 47.6 Å². The average Bonchev–Trinajstić information content (AvgIpc) is 2.97. The lowest BCUT2D eigenvalue weighted by molar-refractivity contribution is -0.274. The average molecular weight is 426 g/mol. The molecule has 0 spiro atoms. The highest BCUT2D eigenvalue weighted by atomic mass is 35.5. The van der Waals surface area contributed by atoms with Crippen LogP contribution in [0.4, 0.5) is 23.7 Å². The molecular formula is C20H19ClF3N3O2. The third kappa shape index (κ3) is 5.63. The molecule has 3 rings (SSSR count). The first kappa shape index (κ1) is 21.0. The van der Waals surface area contributed by atoms with Gasteiger partial charge in [0.05, 0.1) is 5.71 Å². The Balaban J connectivity index is 1.66. The molecule has 0 fully saturated rings. The van der Waals surface area contributed by atoms with Gasteiger partial charge in [0.25, 0.3) is 0 Å². The monoisotopic (exact) mass is 425 g/mol. The molecule has 1 unspecified atom stereocenters. The van der Waals surface area contributed by atoms with Crippen molar-refractivity contribution in [2.45, 2.75) is 32.5 Å². The fraction of sp³-hybridized carbons (Fsp3) is 0.300. The number of hydrogen-bond donors (Lipinski definition) is 2.